The van der Waals surface area contributed by atoms with Crippen LogP contribution in [0, 0.1) is 0 Å². The highest BCUT2D eigenvalue weighted by Crippen LogP contribution is 2.41. The first-order valence-electron chi connectivity index (χ1n) is 8.12. The third kappa shape index (κ3) is 3.53. The van der Waals surface area contributed by atoms with E-state index >= 15 is 0 Å². The van der Waals surface area contributed by atoms with Crippen molar-refractivity contribution in [2.45, 2.75) is 96.3 Å². The SMILES string of the molecule is CC[C@@H]1O[C@H](CO[Si](C)(C)C(C)(C)C)[C@H]2OC(C)(C)O[C@H]21. The third-order valence-corrected chi connectivity index (χ3v) is 9.56. The molecule has 0 amide bonds. The molecule has 2 saturated heterocycles. The van der Waals surface area contributed by atoms with E-state index < -0.39 is 14.1 Å². The van der Waals surface area contributed by atoms with E-state index in [0.29, 0.717) is 6.61 Å². The predicted octanol–water partition coefficient (Wildman–Crippen LogP) is 3.71. The Morgan fingerprint density at radius 3 is 2.05 bits per heavy atom. The van der Waals surface area contributed by atoms with Crippen molar-refractivity contribution in [2.24, 2.45) is 0 Å². The van der Waals surface area contributed by atoms with Crippen LogP contribution in [0.4, 0.5) is 0 Å². The number of hydrogen-bond acceptors (Lipinski definition) is 4. The van der Waals surface area contributed by atoms with Crippen LogP contribution < -0.4 is 0 Å². The van der Waals surface area contributed by atoms with Crippen molar-refractivity contribution >= 4 is 8.32 Å². The summed E-state index contributed by atoms with van der Waals surface area (Å²) in [4.78, 5) is 0. The Bertz CT molecular complexity index is 375. The molecule has 2 heterocycles. The second kappa shape index (κ2) is 5.60. The Hall–Kier alpha value is 0.0569. The molecular formula is C16H32O4Si. The molecule has 2 aliphatic rings. The number of ether oxygens (including phenoxy) is 3. The summed E-state index contributed by atoms with van der Waals surface area (Å²) in [5.41, 5.74) is 0. The Kier molecular flexibility index (Phi) is 4.65. The van der Waals surface area contributed by atoms with Crippen molar-refractivity contribution in [3.8, 4) is 0 Å². The average molecular weight is 317 g/mol. The number of fused-ring (bicyclic) bond motifs is 1. The van der Waals surface area contributed by atoms with Crippen LogP contribution in [-0.4, -0.2) is 45.1 Å². The van der Waals surface area contributed by atoms with Crippen LogP contribution in [0.15, 0.2) is 0 Å². The minimum Gasteiger partial charge on any atom is -0.414 e. The summed E-state index contributed by atoms with van der Waals surface area (Å²) in [6.07, 6.45) is 1.07. The van der Waals surface area contributed by atoms with Crippen LogP contribution in [0.2, 0.25) is 18.1 Å². The summed E-state index contributed by atoms with van der Waals surface area (Å²) in [6.45, 7) is 18.0. The number of hydrogen-bond donors (Lipinski definition) is 0. The molecule has 21 heavy (non-hydrogen) atoms. The van der Waals surface area contributed by atoms with Gasteiger partial charge in [0.2, 0.25) is 0 Å². The van der Waals surface area contributed by atoms with Crippen LogP contribution in [0.1, 0.15) is 48.0 Å². The maximum absolute atomic E-state index is 6.33. The summed E-state index contributed by atoms with van der Waals surface area (Å²) in [5.74, 6) is -0.512. The highest BCUT2D eigenvalue weighted by molar-refractivity contribution is 6.74. The summed E-state index contributed by atoms with van der Waals surface area (Å²) in [6, 6.07) is 0. The van der Waals surface area contributed by atoms with Crippen LogP contribution in [-0.2, 0) is 18.6 Å². The first kappa shape index (κ1) is 17.4. The molecular weight excluding hydrogens is 284 g/mol. The Morgan fingerprint density at radius 1 is 1.05 bits per heavy atom. The van der Waals surface area contributed by atoms with Gasteiger partial charge in [-0.2, -0.15) is 0 Å². The standard InChI is InChI=1S/C16H32O4Si/c1-9-11-13-14(20-16(5,6)19-13)12(18-11)10-17-21(7,8)15(2,3)4/h11-14H,9-10H2,1-8H3/t11-,12+,13-,14+/m0/s1. The average Bonchev–Trinajstić information content (AvgIpc) is 2.78. The fourth-order valence-electron chi connectivity index (χ4n) is 2.74. The van der Waals surface area contributed by atoms with Gasteiger partial charge >= 0.3 is 0 Å². The number of rotatable bonds is 4. The molecule has 0 aromatic heterocycles. The van der Waals surface area contributed by atoms with E-state index in [2.05, 4.69) is 40.8 Å². The molecule has 0 aliphatic carbocycles. The Labute approximate surface area is 130 Å². The van der Waals surface area contributed by atoms with Crippen LogP contribution in [0.3, 0.4) is 0 Å². The van der Waals surface area contributed by atoms with Gasteiger partial charge in [0, 0.05) is 0 Å². The normalized spacial score (nSPS) is 36.0. The zero-order valence-electron chi connectivity index (χ0n) is 14.9. The van der Waals surface area contributed by atoms with Gasteiger partial charge in [0.15, 0.2) is 14.1 Å². The van der Waals surface area contributed by atoms with Gasteiger partial charge in [-0.15, -0.1) is 0 Å². The first-order chi connectivity index (χ1) is 9.47. The molecule has 2 rings (SSSR count). The lowest BCUT2D eigenvalue weighted by atomic mass is 10.1. The second-order valence-corrected chi connectivity index (χ2v) is 13.1. The molecule has 0 bridgehead atoms. The van der Waals surface area contributed by atoms with E-state index in [4.69, 9.17) is 18.6 Å². The van der Waals surface area contributed by atoms with Crippen LogP contribution >= 0.6 is 0 Å². The van der Waals surface area contributed by atoms with Gasteiger partial charge in [-0.1, -0.05) is 27.7 Å². The first-order valence-corrected chi connectivity index (χ1v) is 11.0. The van der Waals surface area contributed by atoms with E-state index in [1.165, 1.54) is 0 Å². The lowest BCUT2D eigenvalue weighted by Gasteiger charge is -2.37. The Balaban J connectivity index is 2.01. The monoisotopic (exact) mass is 316 g/mol. The molecule has 5 heteroatoms. The molecule has 4 nitrogen and oxygen atoms in total. The smallest absolute Gasteiger partial charge is 0.192 e. The maximum atomic E-state index is 6.33. The van der Waals surface area contributed by atoms with Crippen molar-refractivity contribution in [1.82, 2.24) is 0 Å². The Morgan fingerprint density at radius 2 is 1.57 bits per heavy atom. The molecule has 0 N–H and O–H groups in total. The summed E-state index contributed by atoms with van der Waals surface area (Å²) >= 11 is 0. The molecule has 0 unspecified atom stereocenters. The molecule has 0 spiro atoms. The zero-order chi connectivity index (χ0) is 16.1. The topological polar surface area (TPSA) is 36.9 Å². The van der Waals surface area contributed by atoms with Crippen molar-refractivity contribution in [3.63, 3.8) is 0 Å². The minimum atomic E-state index is -1.76. The quantitative estimate of drug-likeness (QED) is 0.741. The predicted molar refractivity (Wildman–Crippen MR) is 85.9 cm³/mol. The molecule has 4 atom stereocenters. The van der Waals surface area contributed by atoms with Gasteiger partial charge in [-0.05, 0) is 38.4 Å². The van der Waals surface area contributed by atoms with Gasteiger partial charge in [-0.25, -0.2) is 0 Å². The van der Waals surface area contributed by atoms with Crippen molar-refractivity contribution in [3.05, 3.63) is 0 Å². The molecule has 0 radical (unpaired) electrons. The second-order valence-electron chi connectivity index (χ2n) is 8.26. The van der Waals surface area contributed by atoms with Crippen LogP contribution in [0.5, 0.6) is 0 Å². The fourth-order valence-corrected chi connectivity index (χ4v) is 3.76. The van der Waals surface area contributed by atoms with E-state index in [9.17, 15) is 0 Å². The minimum absolute atomic E-state index is 0.00489. The summed E-state index contributed by atoms with van der Waals surface area (Å²) < 4.78 is 24.5. The van der Waals surface area contributed by atoms with Crippen LogP contribution in [0.25, 0.3) is 0 Å². The van der Waals surface area contributed by atoms with Crippen molar-refractivity contribution < 1.29 is 18.6 Å². The molecule has 2 aliphatic heterocycles. The van der Waals surface area contributed by atoms with E-state index in [-0.39, 0.29) is 29.5 Å². The molecule has 0 saturated carbocycles. The van der Waals surface area contributed by atoms with Gasteiger partial charge in [0.05, 0.1) is 12.7 Å². The van der Waals surface area contributed by atoms with E-state index in [1.54, 1.807) is 0 Å². The summed E-state index contributed by atoms with van der Waals surface area (Å²) in [7, 11) is -1.76. The van der Waals surface area contributed by atoms with Gasteiger partial charge in [-0.3, -0.25) is 0 Å². The lowest BCUT2D eigenvalue weighted by Crippen LogP contribution is -2.44. The van der Waals surface area contributed by atoms with Gasteiger partial charge in [0.1, 0.15) is 18.3 Å². The van der Waals surface area contributed by atoms with Crippen molar-refractivity contribution in [2.75, 3.05) is 6.61 Å². The molecule has 0 aromatic rings. The largest absolute Gasteiger partial charge is 0.414 e. The molecule has 0 aromatic carbocycles. The van der Waals surface area contributed by atoms with Gasteiger partial charge < -0.3 is 18.6 Å². The zero-order valence-corrected chi connectivity index (χ0v) is 15.9. The molecule has 124 valence electrons. The van der Waals surface area contributed by atoms with E-state index in [1.807, 2.05) is 13.8 Å². The summed E-state index contributed by atoms with van der Waals surface area (Å²) in [5, 5.41) is 0.210. The highest BCUT2D eigenvalue weighted by Gasteiger charge is 2.54. The highest BCUT2D eigenvalue weighted by atomic mass is 28.4. The van der Waals surface area contributed by atoms with E-state index in [0.717, 1.165) is 6.42 Å². The third-order valence-electron chi connectivity index (χ3n) is 5.06. The van der Waals surface area contributed by atoms with Crippen molar-refractivity contribution in [1.29, 1.82) is 0 Å². The fraction of sp³-hybridized carbons (Fsp3) is 1.00. The lowest BCUT2D eigenvalue weighted by molar-refractivity contribution is -0.189. The van der Waals surface area contributed by atoms with Gasteiger partial charge in [0.25, 0.3) is 0 Å². The maximum Gasteiger partial charge on any atom is 0.192 e. The molecule has 2 fully saturated rings.